The first-order valence-electron chi connectivity index (χ1n) is 11.1. The molecule has 3 aromatic carbocycles. The second-order valence-electron chi connectivity index (χ2n) is 7.86. The van der Waals surface area contributed by atoms with Gasteiger partial charge in [0.15, 0.2) is 11.6 Å². The molecule has 0 aliphatic heterocycles. The molecular weight excluding hydrogens is 422 g/mol. The Kier molecular flexibility index (Phi) is 6.21. The normalized spacial score (nSPS) is 10.6. The van der Waals surface area contributed by atoms with Crippen LogP contribution in [0.15, 0.2) is 78.9 Å². The molecule has 2 heterocycles. The Morgan fingerprint density at radius 3 is 2.29 bits per heavy atom. The van der Waals surface area contributed by atoms with E-state index in [-0.39, 0.29) is 0 Å². The lowest BCUT2D eigenvalue weighted by atomic mass is 9.98. The summed E-state index contributed by atoms with van der Waals surface area (Å²) in [7, 11) is 0. The predicted octanol–water partition coefficient (Wildman–Crippen LogP) is 4.33. The van der Waals surface area contributed by atoms with Crippen molar-refractivity contribution in [3.8, 4) is 34.4 Å². The largest absolute Gasteiger partial charge is 0.239 e. The number of hydrogen-bond donors (Lipinski definition) is 1. The maximum atomic E-state index is 4.84. The number of aromatic nitrogens is 7. The minimum Gasteiger partial charge on any atom is -0.239 e. The van der Waals surface area contributed by atoms with E-state index in [4.69, 9.17) is 10.1 Å². The molecule has 7 heteroatoms. The molecule has 0 radical (unpaired) electrons. The number of benzene rings is 3. The Balaban J connectivity index is 1.39. The summed E-state index contributed by atoms with van der Waals surface area (Å²) < 4.78 is 1.91. The summed E-state index contributed by atoms with van der Waals surface area (Å²) in [5, 5.41) is 19.1. The molecule has 5 rings (SSSR count). The first kappa shape index (κ1) is 21.3. The van der Waals surface area contributed by atoms with E-state index in [1.54, 1.807) is 0 Å². The van der Waals surface area contributed by atoms with Gasteiger partial charge in [-0.15, -0.1) is 11.0 Å². The molecule has 0 unspecified atom stereocenters. The highest BCUT2D eigenvalue weighted by molar-refractivity contribution is 5.80. The zero-order chi connectivity index (χ0) is 23.2. The summed E-state index contributed by atoms with van der Waals surface area (Å²) in [5.41, 5.74) is 5.48. The molecule has 0 aliphatic rings. The number of rotatable bonds is 7. The second kappa shape index (κ2) is 9.92. The van der Waals surface area contributed by atoms with Gasteiger partial charge in [0, 0.05) is 18.4 Å². The standard InChI is InChI=1S/C27H23N7/c1-2-3-17-34-26(28-25(31-34)18-20-9-5-4-6-10-20)19-21-13-15-22(16-14-21)23-11-7-8-12-24(23)27-29-32-33-30-27/h4-16H,17-19H2,1H3,(H,29,30,32,33). The smallest absolute Gasteiger partial charge is 0.180 e. The van der Waals surface area contributed by atoms with E-state index in [1.807, 2.05) is 48.0 Å². The zero-order valence-electron chi connectivity index (χ0n) is 18.8. The SMILES string of the molecule is CC#CCn1nc(Cc2ccccc2)nc1Cc1ccc(-c2ccccc2-c2nnn[nH]2)cc1. The zero-order valence-corrected chi connectivity index (χ0v) is 18.8. The van der Waals surface area contributed by atoms with Crippen LogP contribution in [0.1, 0.15) is 29.7 Å². The van der Waals surface area contributed by atoms with Crippen molar-refractivity contribution in [3.05, 3.63) is 102 Å². The third-order valence-corrected chi connectivity index (χ3v) is 5.56. The van der Waals surface area contributed by atoms with Crippen LogP contribution in [-0.4, -0.2) is 35.4 Å². The molecular formula is C27H23N7. The van der Waals surface area contributed by atoms with Crippen molar-refractivity contribution in [2.24, 2.45) is 0 Å². The maximum Gasteiger partial charge on any atom is 0.180 e. The average Bonchev–Trinajstić information content (AvgIpc) is 3.54. The van der Waals surface area contributed by atoms with Gasteiger partial charge in [-0.1, -0.05) is 84.8 Å². The molecule has 0 amide bonds. The Bertz CT molecular complexity index is 1420. The van der Waals surface area contributed by atoms with E-state index in [0.29, 0.717) is 25.2 Å². The van der Waals surface area contributed by atoms with Crippen molar-refractivity contribution in [2.45, 2.75) is 26.3 Å². The monoisotopic (exact) mass is 445 g/mol. The molecule has 7 nitrogen and oxygen atoms in total. The van der Waals surface area contributed by atoms with Crippen molar-refractivity contribution in [1.82, 2.24) is 35.4 Å². The molecule has 0 fully saturated rings. The molecule has 5 aromatic rings. The fourth-order valence-corrected chi connectivity index (χ4v) is 3.89. The Morgan fingerprint density at radius 2 is 1.56 bits per heavy atom. The molecule has 0 saturated carbocycles. The molecule has 1 N–H and O–H groups in total. The van der Waals surface area contributed by atoms with Gasteiger partial charge in [0.05, 0.1) is 0 Å². The van der Waals surface area contributed by atoms with Crippen LogP contribution in [0.3, 0.4) is 0 Å². The summed E-state index contributed by atoms with van der Waals surface area (Å²) in [4.78, 5) is 4.84. The molecule has 0 spiro atoms. The fourth-order valence-electron chi connectivity index (χ4n) is 3.89. The molecule has 2 aromatic heterocycles. The van der Waals surface area contributed by atoms with E-state index in [0.717, 1.165) is 33.9 Å². The summed E-state index contributed by atoms with van der Waals surface area (Å²) in [6.07, 6.45) is 1.38. The fraction of sp³-hybridized carbons (Fsp3) is 0.148. The van der Waals surface area contributed by atoms with Gasteiger partial charge in [-0.2, -0.15) is 5.10 Å². The number of hydrogen-bond acceptors (Lipinski definition) is 5. The van der Waals surface area contributed by atoms with Crippen LogP contribution < -0.4 is 0 Å². The number of nitrogens with one attached hydrogen (secondary N) is 1. The molecule has 0 aliphatic carbocycles. The maximum absolute atomic E-state index is 4.84. The summed E-state index contributed by atoms with van der Waals surface area (Å²) in [5.74, 6) is 8.43. The first-order valence-corrected chi connectivity index (χ1v) is 11.1. The lowest BCUT2D eigenvalue weighted by molar-refractivity contribution is 0.665. The number of nitrogens with zero attached hydrogens (tertiary/aromatic N) is 6. The summed E-state index contributed by atoms with van der Waals surface area (Å²) >= 11 is 0. The van der Waals surface area contributed by atoms with Crippen LogP contribution >= 0.6 is 0 Å². The number of tetrazole rings is 1. The predicted molar refractivity (Wildman–Crippen MR) is 131 cm³/mol. The van der Waals surface area contributed by atoms with Crippen molar-refractivity contribution in [3.63, 3.8) is 0 Å². The van der Waals surface area contributed by atoms with Crippen molar-refractivity contribution in [1.29, 1.82) is 0 Å². The Hall–Kier alpha value is -4.57. The van der Waals surface area contributed by atoms with E-state index in [2.05, 4.69) is 74.9 Å². The molecule has 0 bridgehead atoms. The highest BCUT2D eigenvalue weighted by Crippen LogP contribution is 2.30. The van der Waals surface area contributed by atoms with Crippen LogP contribution in [0.5, 0.6) is 0 Å². The quantitative estimate of drug-likeness (QED) is 0.377. The second-order valence-corrected chi connectivity index (χ2v) is 7.86. The molecule has 0 saturated heterocycles. The lowest BCUT2D eigenvalue weighted by Crippen LogP contribution is -2.05. The Morgan fingerprint density at radius 1 is 0.824 bits per heavy atom. The van der Waals surface area contributed by atoms with E-state index in [1.165, 1.54) is 5.56 Å². The van der Waals surface area contributed by atoms with Gasteiger partial charge in [-0.25, -0.2) is 14.8 Å². The Labute approximate surface area is 197 Å². The van der Waals surface area contributed by atoms with Crippen LogP contribution in [0.25, 0.3) is 22.5 Å². The average molecular weight is 446 g/mol. The van der Waals surface area contributed by atoms with E-state index in [9.17, 15) is 0 Å². The highest BCUT2D eigenvalue weighted by Gasteiger charge is 2.13. The van der Waals surface area contributed by atoms with Crippen LogP contribution in [-0.2, 0) is 19.4 Å². The lowest BCUT2D eigenvalue weighted by Gasteiger charge is -2.08. The van der Waals surface area contributed by atoms with Crippen LogP contribution in [0.4, 0.5) is 0 Å². The van der Waals surface area contributed by atoms with Gasteiger partial charge in [0.1, 0.15) is 12.4 Å². The van der Waals surface area contributed by atoms with Crippen molar-refractivity contribution >= 4 is 0 Å². The third kappa shape index (κ3) is 4.76. The minimum atomic E-state index is 0.532. The van der Waals surface area contributed by atoms with Gasteiger partial charge < -0.3 is 0 Å². The van der Waals surface area contributed by atoms with Gasteiger partial charge in [-0.3, -0.25) is 0 Å². The molecule has 166 valence electrons. The van der Waals surface area contributed by atoms with Gasteiger partial charge in [0.2, 0.25) is 0 Å². The number of H-pyrrole nitrogens is 1. The van der Waals surface area contributed by atoms with Gasteiger partial charge >= 0.3 is 0 Å². The van der Waals surface area contributed by atoms with Crippen molar-refractivity contribution < 1.29 is 0 Å². The summed E-state index contributed by atoms with van der Waals surface area (Å²) in [6, 6.07) is 26.9. The van der Waals surface area contributed by atoms with Crippen LogP contribution in [0.2, 0.25) is 0 Å². The minimum absolute atomic E-state index is 0.532. The topological polar surface area (TPSA) is 85.2 Å². The number of aromatic amines is 1. The molecule has 34 heavy (non-hydrogen) atoms. The van der Waals surface area contributed by atoms with Gasteiger partial charge in [-0.05, 0) is 39.6 Å². The van der Waals surface area contributed by atoms with Gasteiger partial charge in [0.25, 0.3) is 0 Å². The van der Waals surface area contributed by atoms with Crippen molar-refractivity contribution in [2.75, 3.05) is 0 Å². The third-order valence-electron chi connectivity index (χ3n) is 5.56. The van der Waals surface area contributed by atoms with E-state index < -0.39 is 0 Å². The summed E-state index contributed by atoms with van der Waals surface area (Å²) in [6.45, 7) is 2.37. The van der Waals surface area contributed by atoms with Crippen LogP contribution in [0, 0.1) is 11.8 Å². The first-order chi connectivity index (χ1) is 16.8. The van der Waals surface area contributed by atoms with E-state index >= 15 is 0 Å². The highest BCUT2D eigenvalue weighted by atomic mass is 15.5. The molecule has 0 atom stereocenters.